The van der Waals surface area contributed by atoms with Crippen LogP contribution in [0.15, 0.2) is 11.5 Å². The predicted molar refractivity (Wildman–Crippen MR) is 46.4 cm³/mol. The van der Waals surface area contributed by atoms with Crippen molar-refractivity contribution in [2.24, 2.45) is 5.92 Å². The van der Waals surface area contributed by atoms with E-state index >= 15 is 0 Å². The minimum absolute atomic E-state index is 0.265. The topological polar surface area (TPSA) is 49.4 Å². The van der Waals surface area contributed by atoms with Gasteiger partial charge in [-0.15, -0.1) is 0 Å². The van der Waals surface area contributed by atoms with Crippen LogP contribution < -0.4 is 5.11 Å². The Morgan fingerprint density at radius 2 is 2.15 bits per heavy atom. The van der Waals surface area contributed by atoms with Gasteiger partial charge in [0.1, 0.15) is 0 Å². The molecule has 1 heterocycles. The van der Waals surface area contributed by atoms with E-state index in [0.29, 0.717) is 5.57 Å². The lowest BCUT2D eigenvalue weighted by Crippen LogP contribution is -2.10. The van der Waals surface area contributed by atoms with Crippen LogP contribution in [0.4, 0.5) is 0 Å². The summed E-state index contributed by atoms with van der Waals surface area (Å²) in [5.74, 6) is -1.07. The molecule has 0 aromatic heterocycles. The van der Waals surface area contributed by atoms with E-state index in [9.17, 15) is 9.90 Å². The van der Waals surface area contributed by atoms with E-state index in [0.717, 1.165) is 25.7 Å². The highest BCUT2D eigenvalue weighted by atomic mass is 16.6. The van der Waals surface area contributed by atoms with E-state index in [2.05, 4.69) is 11.7 Å². The molecule has 0 fully saturated rings. The fraction of sp³-hybridized carbons (Fsp3) is 0.700. The fourth-order valence-electron chi connectivity index (χ4n) is 1.49. The van der Waals surface area contributed by atoms with Gasteiger partial charge in [0.25, 0.3) is 0 Å². The van der Waals surface area contributed by atoms with Crippen LogP contribution in [0, 0.1) is 5.92 Å². The molecule has 1 rings (SSSR count). The summed E-state index contributed by atoms with van der Waals surface area (Å²) in [4.78, 5) is 11.1. The number of carbonyl (C=O) groups is 1. The molecule has 0 radical (unpaired) electrons. The second-order valence-corrected chi connectivity index (χ2v) is 3.44. The first-order valence-corrected chi connectivity index (χ1v) is 4.76. The zero-order chi connectivity index (χ0) is 9.84. The SMILES string of the molecule is CCCCC[C@H]1C(=O)OC([O-])=C1C. The van der Waals surface area contributed by atoms with Gasteiger partial charge in [-0.05, 0) is 18.9 Å². The average Bonchev–Trinajstić information content (AvgIpc) is 2.32. The number of cyclic esters (lactones) is 1. The maximum atomic E-state index is 11.1. The molecule has 0 saturated carbocycles. The third-order valence-electron chi connectivity index (χ3n) is 2.42. The van der Waals surface area contributed by atoms with Gasteiger partial charge in [0, 0.05) is 0 Å². The number of rotatable bonds is 4. The Kier molecular flexibility index (Phi) is 3.34. The molecule has 0 N–H and O–H groups in total. The van der Waals surface area contributed by atoms with Crippen LogP contribution in [0.5, 0.6) is 0 Å². The number of ether oxygens (including phenoxy) is 1. The second-order valence-electron chi connectivity index (χ2n) is 3.44. The van der Waals surface area contributed by atoms with Gasteiger partial charge < -0.3 is 9.84 Å². The van der Waals surface area contributed by atoms with Crippen LogP contribution >= 0.6 is 0 Å². The first kappa shape index (κ1) is 10.1. The first-order valence-electron chi connectivity index (χ1n) is 4.76. The smallest absolute Gasteiger partial charge is 0.209 e. The minimum Gasteiger partial charge on any atom is -0.552 e. The van der Waals surface area contributed by atoms with Crippen molar-refractivity contribution < 1.29 is 14.6 Å². The van der Waals surface area contributed by atoms with Crippen LogP contribution in [0.3, 0.4) is 0 Å². The quantitative estimate of drug-likeness (QED) is 0.488. The molecule has 0 aromatic rings. The van der Waals surface area contributed by atoms with Crippen LogP contribution in [-0.2, 0) is 9.53 Å². The van der Waals surface area contributed by atoms with E-state index < -0.39 is 5.95 Å². The Hall–Kier alpha value is -0.990. The molecule has 1 aliphatic heterocycles. The molecule has 74 valence electrons. The van der Waals surface area contributed by atoms with E-state index in [-0.39, 0.29) is 11.9 Å². The fourth-order valence-corrected chi connectivity index (χ4v) is 1.49. The Morgan fingerprint density at radius 1 is 1.46 bits per heavy atom. The summed E-state index contributed by atoms with van der Waals surface area (Å²) < 4.78 is 4.50. The van der Waals surface area contributed by atoms with Crippen LogP contribution in [0.25, 0.3) is 0 Å². The standard InChI is InChI=1S/C10H16O3/c1-3-4-5-6-8-7(2)9(11)13-10(8)12/h8,11H,3-6H2,1-2H3/p-1/t8-/m1/s1. The summed E-state index contributed by atoms with van der Waals surface area (Å²) in [6.07, 6.45) is 3.96. The van der Waals surface area contributed by atoms with Crippen LogP contribution in [0.1, 0.15) is 39.5 Å². The summed E-state index contributed by atoms with van der Waals surface area (Å²) in [5, 5.41) is 10.9. The zero-order valence-corrected chi connectivity index (χ0v) is 8.13. The van der Waals surface area contributed by atoms with Crippen molar-refractivity contribution in [2.45, 2.75) is 39.5 Å². The van der Waals surface area contributed by atoms with Gasteiger partial charge in [-0.2, -0.15) is 0 Å². The molecule has 3 nitrogen and oxygen atoms in total. The van der Waals surface area contributed by atoms with E-state index in [1.54, 1.807) is 6.92 Å². The average molecular weight is 183 g/mol. The number of unbranched alkanes of at least 4 members (excludes halogenated alkanes) is 2. The molecular formula is C10H15O3-. The normalized spacial score (nSPS) is 22.3. The maximum Gasteiger partial charge on any atom is 0.209 e. The van der Waals surface area contributed by atoms with Crippen molar-refractivity contribution in [3.63, 3.8) is 0 Å². The van der Waals surface area contributed by atoms with E-state index in [4.69, 9.17) is 0 Å². The van der Waals surface area contributed by atoms with Crippen molar-refractivity contribution in [1.29, 1.82) is 0 Å². The third-order valence-corrected chi connectivity index (χ3v) is 2.42. The van der Waals surface area contributed by atoms with E-state index in [1.165, 1.54) is 0 Å². The van der Waals surface area contributed by atoms with Gasteiger partial charge in [0.05, 0.1) is 11.9 Å². The highest BCUT2D eigenvalue weighted by Gasteiger charge is 2.24. The van der Waals surface area contributed by atoms with Crippen LogP contribution in [0.2, 0.25) is 0 Å². The number of hydrogen-bond acceptors (Lipinski definition) is 3. The number of carbonyl (C=O) groups excluding carboxylic acids is 1. The molecule has 0 saturated heterocycles. The van der Waals surface area contributed by atoms with Gasteiger partial charge in [-0.3, -0.25) is 4.79 Å². The van der Waals surface area contributed by atoms with Gasteiger partial charge in [-0.25, -0.2) is 0 Å². The van der Waals surface area contributed by atoms with Crippen molar-refractivity contribution >= 4 is 5.97 Å². The molecule has 0 aliphatic carbocycles. The molecule has 0 spiro atoms. The molecule has 1 aliphatic rings. The minimum atomic E-state index is -0.438. The highest BCUT2D eigenvalue weighted by molar-refractivity contribution is 5.79. The lowest BCUT2D eigenvalue weighted by Gasteiger charge is -2.09. The Balaban J connectivity index is 2.45. The predicted octanol–water partition coefficient (Wildman–Crippen LogP) is 1.33. The number of hydrogen-bond donors (Lipinski definition) is 0. The molecule has 13 heavy (non-hydrogen) atoms. The number of esters is 1. The first-order chi connectivity index (χ1) is 6.16. The van der Waals surface area contributed by atoms with Crippen molar-refractivity contribution in [3.05, 3.63) is 11.5 Å². The monoisotopic (exact) mass is 183 g/mol. The summed E-state index contributed by atoms with van der Waals surface area (Å²) in [6.45, 7) is 3.79. The molecular weight excluding hydrogens is 168 g/mol. The van der Waals surface area contributed by atoms with E-state index in [1.807, 2.05) is 0 Å². The zero-order valence-electron chi connectivity index (χ0n) is 8.13. The highest BCUT2D eigenvalue weighted by Crippen LogP contribution is 2.27. The Morgan fingerprint density at radius 3 is 2.62 bits per heavy atom. The summed E-state index contributed by atoms with van der Waals surface area (Å²) in [7, 11) is 0. The van der Waals surface area contributed by atoms with Gasteiger partial charge in [0.2, 0.25) is 5.97 Å². The summed E-state index contributed by atoms with van der Waals surface area (Å²) in [5.41, 5.74) is 0.570. The Bertz CT molecular complexity index is 230. The molecule has 0 unspecified atom stereocenters. The lowest BCUT2D eigenvalue weighted by molar-refractivity contribution is -0.348. The van der Waals surface area contributed by atoms with Crippen molar-refractivity contribution in [2.75, 3.05) is 0 Å². The summed E-state index contributed by atoms with van der Waals surface area (Å²) >= 11 is 0. The lowest BCUT2D eigenvalue weighted by atomic mass is 9.96. The van der Waals surface area contributed by atoms with Crippen LogP contribution in [-0.4, -0.2) is 5.97 Å². The second kappa shape index (κ2) is 4.30. The Labute approximate surface area is 78.4 Å². The third kappa shape index (κ3) is 2.23. The largest absolute Gasteiger partial charge is 0.552 e. The molecule has 0 amide bonds. The molecule has 0 bridgehead atoms. The van der Waals surface area contributed by atoms with Gasteiger partial charge >= 0.3 is 0 Å². The summed E-state index contributed by atoms with van der Waals surface area (Å²) in [6, 6.07) is 0. The van der Waals surface area contributed by atoms with Gasteiger partial charge in [-0.1, -0.05) is 26.2 Å². The maximum absolute atomic E-state index is 11.1. The van der Waals surface area contributed by atoms with Gasteiger partial charge in [0.15, 0.2) is 0 Å². The molecule has 1 atom stereocenters. The molecule has 0 aromatic carbocycles. The molecule has 3 heteroatoms. The van der Waals surface area contributed by atoms with Crippen molar-refractivity contribution in [1.82, 2.24) is 0 Å². The van der Waals surface area contributed by atoms with Crippen molar-refractivity contribution in [3.8, 4) is 0 Å².